The van der Waals surface area contributed by atoms with Crippen LogP contribution in [0.4, 0.5) is 4.39 Å². The number of rotatable bonds is 1. The van der Waals surface area contributed by atoms with Gasteiger partial charge in [0.15, 0.2) is 0 Å². The first-order valence-electron chi connectivity index (χ1n) is 3.52. The molecule has 0 aromatic heterocycles. The molecule has 0 radical (unpaired) electrons. The van der Waals surface area contributed by atoms with Crippen molar-refractivity contribution in [2.45, 2.75) is 6.61 Å². The fourth-order valence-corrected chi connectivity index (χ4v) is 0.526. The lowest BCUT2D eigenvalue weighted by atomic mass is 10.2. The van der Waals surface area contributed by atoms with Crippen molar-refractivity contribution in [3.05, 3.63) is 35.6 Å². The van der Waals surface area contributed by atoms with E-state index in [-0.39, 0.29) is 24.3 Å². The third kappa shape index (κ3) is 1.50. The summed E-state index contributed by atoms with van der Waals surface area (Å²) in [5.74, 6) is -0.878. The first kappa shape index (κ1) is 4.01. The van der Waals surface area contributed by atoms with Gasteiger partial charge in [0, 0.05) is 0 Å². The number of halogens is 1. The first-order chi connectivity index (χ1) is 5.16. The summed E-state index contributed by atoms with van der Waals surface area (Å²) in [5, 5.41) is 8.59. The van der Waals surface area contributed by atoms with Crippen LogP contribution >= 0.6 is 0 Å². The maximum absolute atomic E-state index is 12.7. The second kappa shape index (κ2) is 2.60. The number of benzene rings is 1. The fraction of sp³-hybridized carbons (Fsp3) is 0.143. The van der Waals surface area contributed by atoms with E-state index in [1.807, 2.05) is 0 Å². The molecule has 48 valence electrons. The summed E-state index contributed by atoms with van der Waals surface area (Å²) in [4.78, 5) is 0. The van der Waals surface area contributed by atoms with Gasteiger partial charge < -0.3 is 5.11 Å². The van der Waals surface area contributed by atoms with Gasteiger partial charge in [-0.25, -0.2) is 4.39 Å². The lowest BCUT2D eigenvalue weighted by molar-refractivity contribution is 0.281. The van der Waals surface area contributed by atoms with E-state index in [0.29, 0.717) is 0 Å². The summed E-state index contributed by atoms with van der Waals surface area (Å²) in [6.07, 6.45) is 0. The maximum atomic E-state index is 12.7. The zero-order valence-electron chi connectivity index (χ0n) is 6.69. The Hall–Kier alpha value is -0.890. The van der Waals surface area contributed by atoms with Gasteiger partial charge in [0.2, 0.25) is 0 Å². The number of hydrogen-bond acceptors (Lipinski definition) is 1. The van der Waals surface area contributed by atoms with E-state index in [1.54, 1.807) is 0 Å². The Morgan fingerprint density at radius 3 is 3.22 bits per heavy atom. The van der Waals surface area contributed by atoms with Crippen molar-refractivity contribution in [1.82, 2.24) is 0 Å². The van der Waals surface area contributed by atoms with Crippen LogP contribution in [0.3, 0.4) is 0 Å². The highest BCUT2D eigenvalue weighted by molar-refractivity contribution is 5.14. The largest absolute Gasteiger partial charge is 0.392 e. The van der Waals surface area contributed by atoms with Gasteiger partial charge in [-0.05, 0) is 17.6 Å². The van der Waals surface area contributed by atoms with Gasteiger partial charge in [-0.1, -0.05) is 12.1 Å². The highest BCUT2D eigenvalue weighted by atomic mass is 19.1. The van der Waals surface area contributed by atoms with Crippen LogP contribution in [0.5, 0.6) is 0 Å². The molecule has 0 unspecified atom stereocenters. The summed E-state index contributed by atoms with van der Waals surface area (Å²) in [7, 11) is 0. The molecular formula is C7H7FO. The monoisotopic (exact) mass is 128 g/mol. The molecular weight excluding hydrogens is 119 g/mol. The Bertz CT molecular complexity index is 275. The van der Waals surface area contributed by atoms with Crippen molar-refractivity contribution in [3.63, 3.8) is 0 Å². The lowest BCUT2D eigenvalue weighted by Crippen LogP contribution is -1.82. The van der Waals surface area contributed by atoms with Crippen LogP contribution in [0, 0.1) is 5.82 Å². The number of hydrogen-bond donors (Lipinski definition) is 1. The molecule has 0 spiro atoms. The van der Waals surface area contributed by atoms with E-state index in [1.165, 1.54) is 12.1 Å². The van der Waals surface area contributed by atoms with Crippen molar-refractivity contribution < 1.29 is 12.2 Å². The first-order valence-corrected chi connectivity index (χ1v) is 2.52. The van der Waals surface area contributed by atoms with Gasteiger partial charge in [-0.2, -0.15) is 0 Å². The summed E-state index contributed by atoms with van der Waals surface area (Å²) in [5.41, 5.74) is 0.207. The minimum absolute atomic E-state index is 0.207. The van der Waals surface area contributed by atoms with Crippen molar-refractivity contribution in [3.8, 4) is 0 Å². The smallest absolute Gasteiger partial charge is 0.123 e. The normalized spacial score (nSPS) is 12.7. The van der Waals surface area contributed by atoms with E-state index < -0.39 is 5.82 Å². The molecule has 1 N–H and O–H groups in total. The van der Waals surface area contributed by atoms with Crippen LogP contribution in [0.1, 0.15) is 8.30 Å². The molecule has 1 nitrogen and oxygen atoms in total. The van der Waals surface area contributed by atoms with E-state index >= 15 is 0 Å². The van der Waals surface area contributed by atoms with Gasteiger partial charge in [-0.15, -0.1) is 0 Å². The van der Waals surface area contributed by atoms with Crippen LogP contribution < -0.4 is 0 Å². The third-order valence-corrected chi connectivity index (χ3v) is 0.935. The lowest BCUT2D eigenvalue weighted by Gasteiger charge is -1.92. The molecule has 0 bridgehead atoms. The van der Waals surface area contributed by atoms with Gasteiger partial charge in [0.05, 0.1) is 9.35 Å². The predicted octanol–water partition coefficient (Wildman–Crippen LogP) is 1.32. The van der Waals surface area contributed by atoms with Crippen molar-refractivity contribution in [2.75, 3.05) is 0 Å². The average molecular weight is 128 g/mol. The molecule has 0 saturated heterocycles. The van der Waals surface area contributed by atoms with Crippen molar-refractivity contribution in [2.24, 2.45) is 0 Å². The van der Waals surface area contributed by atoms with E-state index in [0.717, 1.165) is 0 Å². The van der Waals surface area contributed by atoms with Crippen LogP contribution in [0.2, 0.25) is 0 Å². The molecule has 1 rings (SSSR count). The molecule has 0 aliphatic rings. The fourth-order valence-electron chi connectivity index (χ4n) is 0.526. The average Bonchev–Trinajstić information content (AvgIpc) is 2.01. The Kier molecular flexibility index (Phi) is 1.16. The molecule has 0 atom stereocenters. The predicted molar refractivity (Wildman–Crippen MR) is 32.3 cm³/mol. The Morgan fingerprint density at radius 1 is 1.78 bits per heavy atom. The molecule has 0 saturated carbocycles. The molecule has 9 heavy (non-hydrogen) atoms. The van der Waals surface area contributed by atoms with Gasteiger partial charge in [-0.3, -0.25) is 0 Å². The topological polar surface area (TPSA) is 20.2 Å². The van der Waals surface area contributed by atoms with Crippen molar-refractivity contribution >= 4 is 0 Å². The molecule has 0 aliphatic heterocycles. The molecule has 1 aromatic rings. The highest BCUT2D eigenvalue weighted by Crippen LogP contribution is 2.01. The van der Waals surface area contributed by atoms with E-state index in [9.17, 15) is 4.39 Å². The standard InChI is InChI=1S/C7H7FO/c8-7-3-1-2-6(4-7)5-9/h1-4,9H,5H2/i3D,4D. The van der Waals surface area contributed by atoms with E-state index in [4.69, 9.17) is 7.85 Å². The highest BCUT2D eigenvalue weighted by Gasteiger charge is 1.89. The second-order valence-corrected chi connectivity index (χ2v) is 1.60. The quantitative estimate of drug-likeness (QED) is 0.604. The Balaban J connectivity index is 3.25. The summed E-state index contributed by atoms with van der Waals surface area (Å²) in [6, 6.07) is 1.89. The Labute approximate surface area is 55.6 Å². The third-order valence-electron chi connectivity index (χ3n) is 0.935. The minimum atomic E-state index is -0.878. The molecule has 0 aliphatic carbocycles. The molecule has 0 heterocycles. The van der Waals surface area contributed by atoms with Crippen LogP contribution in [0.25, 0.3) is 0 Å². The SMILES string of the molecule is [2H]c1ccc(CO)c([2H])c1F. The zero-order valence-corrected chi connectivity index (χ0v) is 4.69. The second-order valence-electron chi connectivity index (χ2n) is 1.60. The summed E-state index contributed by atoms with van der Waals surface area (Å²) >= 11 is 0. The summed E-state index contributed by atoms with van der Waals surface area (Å²) < 4.78 is 26.7. The zero-order chi connectivity index (χ0) is 8.43. The van der Waals surface area contributed by atoms with E-state index in [2.05, 4.69) is 0 Å². The van der Waals surface area contributed by atoms with Crippen LogP contribution in [0.15, 0.2) is 24.2 Å². The molecule has 0 amide bonds. The van der Waals surface area contributed by atoms with Crippen LogP contribution in [-0.2, 0) is 6.61 Å². The van der Waals surface area contributed by atoms with Crippen molar-refractivity contribution in [1.29, 1.82) is 0 Å². The maximum Gasteiger partial charge on any atom is 0.123 e. The van der Waals surface area contributed by atoms with Gasteiger partial charge in [0.25, 0.3) is 0 Å². The Morgan fingerprint density at radius 2 is 2.56 bits per heavy atom. The molecule has 1 aromatic carbocycles. The number of aliphatic hydroxyl groups is 1. The van der Waals surface area contributed by atoms with Crippen LogP contribution in [-0.4, -0.2) is 5.11 Å². The molecule has 0 fully saturated rings. The summed E-state index contributed by atoms with van der Waals surface area (Å²) in [6.45, 7) is -0.365. The minimum Gasteiger partial charge on any atom is -0.392 e. The van der Waals surface area contributed by atoms with Gasteiger partial charge >= 0.3 is 0 Å². The molecule has 2 heteroatoms. The van der Waals surface area contributed by atoms with Gasteiger partial charge in [0.1, 0.15) is 5.82 Å². The number of aliphatic hydroxyl groups excluding tert-OH is 1.